The summed E-state index contributed by atoms with van der Waals surface area (Å²) in [4.78, 5) is 11.8. The molecule has 1 aromatic rings. The highest BCUT2D eigenvalue weighted by molar-refractivity contribution is 5.74. The lowest BCUT2D eigenvalue weighted by molar-refractivity contribution is 0.193. The molecule has 1 saturated carbocycles. The van der Waals surface area contributed by atoms with Crippen LogP contribution < -0.4 is 20.1 Å². The highest BCUT2D eigenvalue weighted by Gasteiger charge is 2.44. The topological polar surface area (TPSA) is 68.8 Å². The molecule has 0 aromatic heterocycles. The number of methoxy groups -OCH3 is 3. The molecule has 2 N–H and O–H groups in total. The molecule has 0 atom stereocenters. The Kier molecular flexibility index (Phi) is 6.10. The van der Waals surface area contributed by atoms with Crippen molar-refractivity contribution in [3.05, 3.63) is 23.8 Å². The van der Waals surface area contributed by atoms with E-state index in [2.05, 4.69) is 10.6 Å². The summed E-state index contributed by atoms with van der Waals surface area (Å²) in [5, 5.41) is 5.80. The second kappa shape index (κ2) is 8.06. The minimum Gasteiger partial charge on any atom is -0.493 e. The molecule has 2 amide bonds. The van der Waals surface area contributed by atoms with Gasteiger partial charge in [-0.2, -0.15) is 0 Å². The van der Waals surface area contributed by atoms with Gasteiger partial charge in [0.1, 0.15) is 0 Å². The maximum atomic E-state index is 11.8. The number of ether oxygens (including phenoxy) is 3. The van der Waals surface area contributed by atoms with Crippen LogP contribution >= 0.6 is 0 Å². The smallest absolute Gasteiger partial charge is 0.314 e. The number of hydrogen-bond acceptors (Lipinski definition) is 4. The van der Waals surface area contributed by atoms with Gasteiger partial charge in [0.15, 0.2) is 11.5 Å². The van der Waals surface area contributed by atoms with Gasteiger partial charge in [-0.25, -0.2) is 4.79 Å². The van der Waals surface area contributed by atoms with Gasteiger partial charge in [-0.3, -0.25) is 0 Å². The number of urea groups is 1. The van der Waals surface area contributed by atoms with Crippen LogP contribution in [0.1, 0.15) is 24.8 Å². The number of carbonyl (C=O) groups is 1. The SMILES string of the molecule is COCCCNC(=O)NCC1(c2ccc(OC)c(OC)c2)CC1. The Bertz CT molecular complexity index is 529. The molecule has 6 heteroatoms. The third-order valence-corrected chi connectivity index (χ3v) is 4.25. The summed E-state index contributed by atoms with van der Waals surface area (Å²) >= 11 is 0. The maximum absolute atomic E-state index is 11.8. The van der Waals surface area contributed by atoms with E-state index in [4.69, 9.17) is 14.2 Å². The second-order valence-corrected chi connectivity index (χ2v) is 5.81. The number of benzene rings is 1. The molecule has 0 radical (unpaired) electrons. The molecule has 1 aliphatic carbocycles. The van der Waals surface area contributed by atoms with Crippen LogP contribution in [-0.4, -0.2) is 47.1 Å². The van der Waals surface area contributed by atoms with E-state index in [1.54, 1.807) is 21.3 Å². The van der Waals surface area contributed by atoms with Crippen LogP contribution in [0.3, 0.4) is 0 Å². The highest BCUT2D eigenvalue weighted by atomic mass is 16.5. The van der Waals surface area contributed by atoms with Gasteiger partial charge in [-0.05, 0) is 37.0 Å². The molecule has 1 aromatic carbocycles. The van der Waals surface area contributed by atoms with E-state index in [9.17, 15) is 4.79 Å². The van der Waals surface area contributed by atoms with Gasteiger partial charge in [-0.15, -0.1) is 0 Å². The van der Waals surface area contributed by atoms with Crippen molar-refractivity contribution < 1.29 is 19.0 Å². The van der Waals surface area contributed by atoms with E-state index < -0.39 is 0 Å². The van der Waals surface area contributed by atoms with Crippen molar-refractivity contribution >= 4 is 6.03 Å². The van der Waals surface area contributed by atoms with Crippen molar-refractivity contribution in [2.75, 3.05) is 41.0 Å². The van der Waals surface area contributed by atoms with Crippen molar-refractivity contribution in [1.29, 1.82) is 0 Å². The zero-order valence-electron chi connectivity index (χ0n) is 14.1. The average Bonchev–Trinajstić information content (AvgIpc) is 3.37. The lowest BCUT2D eigenvalue weighted by atomic mass is 9.95. The summed E-state index contributed by atoms with van der Waals surface area (Å²) in [5.74, 6) is 1.44. The van der Waals surface area contributed by atoms with Gasteiger partial charge in [0.05, 0.1) is 14.2 Å². The first kappa shape index (κ1) is 17.4. The van der Waals surface area contributed by atoms with Gasteiger partial charge < -0.3 is 24.8 Å². The summed E-state index contributed by atoms with van der Waals surface area (Å²) < 4.78 is 15.6. The molecule has 0 unspecified atom stereocenters. The van der Waals surface area contributed by atoms with Gasteiger partial charge in [0.2, 0.25) is 0 Å². The first-order valence-electron chi connectivity index (χ1n) is 7.88. The van der Waals surface area contributed by atoms with Crippen LogP contribution in [0.5, 0.6) is 11.5 Å². The van der Waals surface area contributed by atoms with Crippen LogP contribution in [0.4, 0.5) is 4.79 Å². The largest absolute Gasteiger partial charge is 0.493 e. The summed E-state index contributed by atoms with van der Waals surface area (Å²) in [7, 11) is 4.91. The van der Waals surface area contributed by atoms with Crippen molar-refractivity contribution in [2.24, 2.45) is 0 Å². The summed E-state index contributed by atoms with van der Waals surface area (Å²) in [6, 6.07) is 5.84. The van der Waals surface area contributed by atoms with Crippen molar-refractivity contribution in [3.63, 3.8) is 0 Å². The molecule has 0 bridgehead atoms. The molecule has 23 heavy (non-hydrogen) atoms. The monoisotopic (exact) mass is 322 g/mol. The van der Waals surface area contributed by atoms with E-state index in [0.717, 1.165) is 30.8 Å². The molecule has 0 aliphatic heterocycles. The number of nitrogens with one attached hydrogen (secondary N) is 2. The van der Waals surface area contributed by atoms with Crippen molar-refractivity contribution in [3.8, 4) is 11.5 Å². The standard InChI is InChI=1S/C17H26N2O4/c1-21-10-4-9-18-16(20)19-12-17(7-8-17)13-5-6-14(22-2)15(11-13)23-3/h5-6,11H,4,7-10,12H2,1-3H3,(H2,18,19,20). The maximum Gasteiger partial charge on any atom is 0.314 e. The van der Waals surface area contributed by atoms with Crippen LogP contribution in [0.2, 0.25) is 0 Å². The molecular weight excluding hydrogens is 296 g/mol. The van der Waals surface area contributed by atoms with Crippen LogP contribution in [0.25, 0.3) is 0 Å². The predicted octanol–water partition coefficient (Wildman–Crippen LogP) is 2.07. The van der Waals surface area contributed by atoms with Gasteiger partial charge >= 0.3 is 6.03 Å². The van der Waals surface area contributed by atoms with Gasteiger partial charge in [0, 0.05) is 32.2 Å². The number of carbonyl (C=O) groups excluding carboxylic acids is 1. The third-order valence-electron chi connectivity index (χ3n) is 4.25. The zero-order valence-corrected chi connectivity index (χ0v) is 14.1. The highest BCUT2D eigenvalue weighted by Crippen LogP contribution is 2.49. The Balaban J connectivity index is 1.89. The lowest BCUT2D eigenvalue weighted by Crippen LogP contribution is -2.40. The predicted molar refractivity (Wildman–Crippen MR) is 88.4 cm³/mol. The summed E-state index contributed by atoms with van der Waals surface area (Å²) in [6.45, 7) is 1.89. The molecule has 2 rings (SSSR count). The summed E-state index contributed by atoms with van der Waals surface area (Å²) in [6.07, 6.45) is 2.93. The quantitative estimate of drug-likeness (QED) is 0.683. The first-order chi connectivity index (χ1) is 11.1. The Morgan fingerprint density at radius 1 is 1.13 bits per heavy atom. The molecule has 0 saturated heterocycles. The van der Waals surface area contributed by atoms with E-state index in [0.29, 0.717) is 19.7 Å². The minimum absolute atomic E-state index is 0.0173. The molecule has 0 heterocycles. The lowest BCUT2D eigenvalue weighted by Gasteiger charge is -2.19. The Labute approximate surface area is 137 Å². The summed E-state index contributed by atoms with van der Waals surface area (Å²) in [5.41, 5.74) is 1.19. The minimum atomic E-state index is -0.132. The first-order valence-corrected chi connectivity index (χ1v) is 7.88. The zero-order chi connectivity index (χ0) is 16.7. The van der Waals surface area contributed by atoms with E-state index in [1.165, 1.54) is 5.56 Å². The Morgan fingerprint density at radius 2 is 1.87 bits per heavy atom. The normalized spacial score (nSPS) is 14.9. The molecule has 0 spiro atoms. The molecule has 6 nitrogen and oxygen atoms in total. The van der Waals surface area contributed by atoms with Crippen LogP contribution in [0.15, 0.2) is 18.2 Å². The Morgan fingerprint density at radius 3 is 2.48 bits per heavy atom. The average molecular weight is 322 g/mol. The van der Waals surface area contributed by atoms with Gasteiger partial charge in [0.25, 0.3) is 0 Å². The fourth-order valence-corrected chi connectivity index (χ4v) is 2.61. The number of rotatable bonds is 9. The van der Waals surface area contributed by atoms with E-state index in [1.807, 2.05) is 18.2 Å². The van der Waals surface area contributed by atoms with E-state index in [-0.39, 0.29) is 11.4 Å². The van der Waals surface area contributed by atoms with Crippen LogP contribution in [0, 0.1) is 0 Å². The third kappa shape index (κ3) is 4.51. The number of amides is 2. The fourth-order valence-electron chi connectivity index (χ4n) is 2.61. The van der Waals surface area contributed by atoms with Gasteiger partial charge in [-0.1, -0.05) is 6.07 Å². The molecule has 1 aliphatic rings. The second-order valence-electron chi connectivity index (χ2n) is 5.81. The van der Waals surface area contributed by atoms with Crippen molar-refractivity contribution in [2.45, 2.75) is 24.7 Å². The molecule has 128 valence electrons. The fraction of sp³-hybridized carbons (Fsp3) is 0.588. The van der Waals surface area contributed by atoms with Crippen LogP contribution in [-0.2, 0) is 10.2 Å². The molecular formula is C17H26N2O4. The number of hydrogen-bond donors (Lipinski definition) is 2. The molecule has 1 fully saturated rings. The van der Waals surface area contributed by atoms with Crippen molar-refractivity contribution in [1.82, 2.24) is 10.6 Å². The van der Waals surface area contributed by atoms with E-state index >= 15 is 0 Å². The Hall–Kier alpha value is -1.95.